The molecule has 1 aliphatic heterocycles. The van der Waals surface area contributed by atoms with Crippen LogP contribution in [0.5, 0.6) is 0 Å². The van der Waals surface area contributed by atoms with Gasteiger partial charge in [0.2, 0.25) is 9.84 Å². The van der Waals surface area contributed by atoms with Crippen LogP contribution >= 0.6 is 31.9 Å². The highest BCUT2D eigenvalue weighted by Gasteiger charge is 2.32. The lowest BCUT2D eigenvalue weighted by Crippen LogP contribution is -1.95. The number of hydrogen-bond donors (Lipinski definition) is 0. The SMILES string of the molecule is O=S1(=O)c2ccc(Br)cc2-c2cc(Br)ccc21. The van der Waals surface area contributed by atoms with Crippen LogP contribution < -0.4 is 0 Å². The zero-order chi connectivity index (χ0) is 12.2. The average molecular weight is 374 g/mol. The van der Waals surface area contributed by atoms with E-state index < -0.39 is 9.84 Å². The summed E-state index contributed by atoms with van der Waals surface area (Å²) in [5.74, 6) is 0. The Balaban J connectivity index is 2.48. The van der Waals surface area contributed by atoms with E-state index in [2.05, 4.69) is 31.9 Å². The highest BCUT2D eigenvalue weighted by atomic mass is 79.9. The molecular weight excluding hydrogens is 368 g/mol. The fraction of sp³-hybridized carbons (Fsp3) is 0. The van der Waals surface area contributed by atoms with Crippen molar-refractivity contribution in [2.45, 2.75) is 9.79 Å². The molecule has 2 aromatic carbocycles. The quantitative estimate of drug-likeness (QED) is 0.596. The fourth-order valence-electron chi connectivity index (χ4n) is 2.01. The van der Waals surface area contributed by atoms with E-state index in [4.69, 9.17) is 0 Å². The lowest BCUT2D eigenvalue weighted by Gasteiger charge is -1.99. The molecule has 3 rings (SSSR count). The van der Waals surface area contributed by atoms with E-state index in [1.54, 1.807) is 24.3 Å². The molecule has 2 nitrogen and oxygen atoms in total. The maximum Gasteiger partial charge on any atom is 0.207 e. The van der Waals surface area contributed by atoms with E-state index in [0.29, 0.717) is 9.79 Å². The van der Waals surface area contributed by atoms with E-state index in [9.17, 15) is 8.42 Å². The number of hydrogen-bond acceptors (Lipinski definition) is 2. The van der Waals surface area contributed by atoms with Gasteiger partial charge in [0.25, 0.3) is 0 Å². The van der Waals surface area contributed by atoms with Gasteiger partial charge in [-0.15, -0.1) is 0 Å². The molecule has 1 aliphatic rings. The van der Waals surface area contributed by atoms with Crippen LogP contribution in [0.3, 0.4) is 0 Å². The predicted molar refractivity (Wildman–Crippen MR) is 72.7 cm³/mol. The molecule has 5 heteroatoms. The second kappa shape index (κ2) is 3.67. The Morgan fingerprint density at radius 2 is 1.18 bits per heavy atom. The van der Waals surface area contributed by atoms with Gasteiger partial charge in [0.1, 0.15) is 0 Å². The molecule has 0 N–H and O–H groups in total. The molecule has 0 aromatic heterocycles. The van der Waals surface area contributed by atoms with Crippen molar-refractivity contribution in [3.05, 3.63) is 45.3 Å². The van der Waals surface area contributed by atoms with E-state index in [1.807, 2.05) is 12.1 Å². The topological polar surface area (TPSA) is 34.1 Å². The summed E-state index contributed by atoms with van der Waals surface area (Å²) in [6, 6.07) is 10.5. The summed E-state index contributed by atoms with van der Waals surface area (Å²) in [4.78, 5) is 0.766. The molecule has 0 saturated heterocycles. The number of rotatable bonds is 0. The molecule has 0 fully saturated rings. The van der Waals surface area contributed by atoms with Crippen molar-refractivity contribution in [1.29, 1.82) is 0 Å². The van der Waals surface area contributed by atoms with Crippen LogP contribution in [0.1, 0.15) is 0 Å². The molecule has 0 radical (unpaired) electrons. The van der Waals surface area contributed by atoms with Crippen LogP contribution in [0.15, 0.2) is 55.1 Å². The summed E-state index contributed by atoms with van der Waals surface area (Å²) in [6.07, 6.45) is 0. The van der Waals surface area contributed by atoms with Gasteiger partial charge in [-0.2, -0.15) is 0 Å². The molecule has 0 aliphatic carbocycles. The second-order valence-electron chi connectivity index (χ2n) is 3.78. The molecule has 2 aromatic rings. The first-order chi connectivity index (χ1) is 8.00. The molecule has 0 unspecified atom stereocenters. The minimum atomic E-state index is -3.34. The average Bonchev–Trinajstić information content (AvgIpc) is 2.47. The van der Waals surface area contributed by atoms with Crippen molar-refractivity contribution >= 4 is 41.7 Å². The summed E-state index contributed by atoms with van der Waals surface area (Å²) >= 11 is 6.73. The fourth-order valence-corrected chi connectivity index (χ4v) is 4.38. The summed E-state index contributed by atoms with van der Waals surface area (Å²) < 4.78 is 26.3. The smallest absolute Gasteiger partial charge is 0.207 e. The minimum absolute atomic E-state index is 0.383. The van der Waals surface area contributed by atoms with E-state index in [0.717, 1.165) is 20.1 Å². The molecule has 17 heavy (non-hydrogen) atoms. The second-order valence-corrected chi connectivity index (χ2v) is 7.50. The van der Waals surface area contributed by atoms with Crippen molar-refractivity contribution < 1.29 is 8.42 Å². The normalized spacial score (nSPS) is 15.4. The van der Waals surface area contributed by atoms with Crippen molar-refractivity contribution in [2.24, 2.45) is 0 Å². The first-order valence-corrected chi connectivity index (χ1v) is 7.91. The third-order valence-corrected chi connectivity index (χ3v) is 5.61. The van der Waals surface area contributed by atoms with Crippen molar-refractivity contribution in [1.82, 2.24) is 0 Å². The van der Waals surface area contributed by atoms with Crippen LogP contribution in [0.25, 0.3) is 11.1 Å². The Bertz CT molecular complexity index is 679. The standard InChI is InChI=1S/C12H6Br2O2S/c13-7-1-3-11-9(5-7)10-6-8(14)2-4-12(10)17(11,15)16/h1-6H. The zero-order valence-electron chi connectivity index (χ0n) is 8.44. The molecule has 0 spiro atoms. The van der Waals surface area contributed by atoms with Crippen molar-refractivity contribution in [3.8, 4) is 11.1 Å². The van der Waals surface area contributed by atoms with Gasteiger partial charge in [-0.05, 0) is 36.4 Å². The zero-order valence-corrected chi connectivity index (χ0v) is 12.4. The van der Waals surface area contributed by atoms with Gasteiger partial charge in [0, 0.05) is 20.1 Å². The van der Waals surface area contributed by atoms with Crippen LogP contribution in [0, 0.1) is 0 Å². The van der Waals surface area contributed by atoms with Crippen LogP contribution in [0.4, 0.5) is 0 Å². The Labute approximate surface area is 116 Å². The lowest BCUT2D eigenvalue weighted by atomic mass is 10.1. The lowest BCUT2D eigenvalue weighted by molar-refractivity contribution is 0.598. The molecule has 0 bridgehead atoms. The number of benzene rings is 2. The van der Waals surface area contributed by atoms with Gasteiger partial charge in [0.15, 0.2) is 0 Å². The Morgan fingerprint density at radius 3 is 1.59 bits per heavy atom. The monoisotopic (exact) mass is 372 g/mol. The van der Waals surface area contributed by atoms with Gasteiger partial charge < -0.3 is 0 Å². The maximum atomic E-state index is 12.3. The van der Waals surface area contributed by atoms with Gasteiger partial charge in [0.05, 0.1) is 9.79 Å². The van der Waals surface area contributed by atoms with E-state index in [1.165, 1.54) is 0 Å². The first-order valence-electron chi connectivity index (χ1n) is 4.85. The largest absolute Gasteiger partial charge is 0.218 e. The molecular formula is C12H6Br2O2S. The molecule has 0 atom stereocenters. The molecule has 0 amide bonds. The summed E-state index contributed by atoms with van der Waals surface area (Å²) in [6.45, 7) is 0. The summed E-state index contributed by atoms with van der Waals surface area (Å²) in [5.41, 5.74) is 1.52. The van der Waals surface area contributed by atoms with Gasteiger partial charge in [-0.25, -0.2) is 8.42 Å². The van der Waals surface area contributed by atoms with E-state index >= 15 is 0 Å². The van der Waals surface area contributed by atoms with Gasteiger partial charge in [-0.3, -0.25) is 0 Å². The molecule has 1 heterocycles. The summed E-state index contributed by atoms with van der Waals surface area (Å²) in [7, 11) is -3.34. The number of sulfone groups is 1. The molecule has 0 saturated carbocycles. The highest BCUT2D eigenvalue weighted by molar-refractivity contribution is 9.10. The van der Waals surface area contributed by atoms with Crippen LogP contribution in [-0.2, 0) is 9.84 Å². The molecule has 86 valence electrons. The van der Waals surface area contributed by atoms with Crippen molar-refractivity contribution in [3.63, 3.8) is 0 Å². The Kier molecular flexibility index (Phi) is 2.47. The van der Waals surface area contributed by atoms with Crippen molar-refractivity contribution in [2.75, 3.05) is 0 Å². The third-order valence-electron chi connectivity index (χ3n) is 2.75. The highest BCUT2D eigenvalue weighted by Crippen LogP contribution is 2.44. The number of fused-ring (bicyclic) bond motifs is 3. The van der Waals surface area contributed by atoms with Crippen LogP contribution in [0.2, 0.25) is 0 Å². The van der Waals surface area contributed by atoms with E-state index in [-0.39, 0.29) is 0 Å². The Hall–Kier alpha value is -0.650. The summed E-state index contributed by atoms with van der Waals surface area (Å²) in [5, 5.41) is 0. The van der Waals surface area contributed by atoms with Gasteiger partial charge in [-0.1, -0.05) is 31.9 Å². The minimum Gasteiger partial charge on any atom is -0.218 e. The third kappa shape index (κ3) is 1.60. The first kappa shape index (κ1) is 11.4. The van der Waals surface area contributed by atoms with Gasteiger partial charge >= 0.3 is 0 Å². The van der Waals surface area contributed by atoms with Crippen LogP contribution in [-0.4, -0.2) is 8.42 Å². The number of halogens is 2. The maximum absolute atomic E-state index is 12.3. The predicted octanol–water partition coefficient (Wildman–Crippen LogP) is 4.02. The Morgan fingerprint density at radius 1 is 0.765 bits per heavy atom.